The van der Waals surface area contributed by atoms with Crippen molar-refractivity contribution in [1.82, 2.24) is 0 Å². The minimum absolute atomic E-state index is 0.0252. The average molecular weight is 304 g/mol. The number of methoxy groups -OCH3 is 1. The summed E-state index contributed by atoms with van der Waals surface area (Å²) >= 11 is 0. The Balaban J connectivity index is 4.89. The average Bonchev–Trinajstić information content (AvgIpc) is 2.50. The van der Waals surface area contributed by atoms with Crippen molar-refractivity contribution in [2.24, 2.45) is 11.8 Å². The highest BCUT2D eigenvalue weighted by atomic mass is 28.4. The van der Waals surface area contributed by atoms with Gasteiger partial charge in [0.1, 0.15) is 6.29 Å². The fourth-order valence-corrected chi connectivity index (χ4v) is 4.82. The van der Waals surface area contributed by atoms with Crippen LogP contribution in [0.4, 0.5) is 0 Å². The molecule has 0 aliphatic rings. The Hall–Kier alpha value is -0.723. The highest BCUT2D eigenvalue weighted by Gasteiger charge is 2.37. The van der Waals surface area contributed by atoms with Gasteiger partial charge in [-0.25, -0.2) is 0 Å². The fraction of sp³-hybridized carbons (Fsp3) is 0.857. The lowest BCUT2D eigenvalue weighted by atomic mass is 9.86. The van der Waals surface area contributed by atoms with E-state index in [2.05, 4.69) is 0 Å². The molecule has 0 fully saturated rings. The van der Waals surface area contributed by atoms with Crippen molar-refractivity contribution in [3.05, 3.63) is 0 Å². The first-order valence-electron chi connectivity index (χ1n) is 7.15. The molecule has 0 bridgehead atoms. The lowest BCUT2D eigenvalue weighted by Crippen LogP contribution is -2.40. The van der Waals surface area contributed by atoms with Gasteiger partial charge in [0, 0.05) is 20.6 Å². The van der Waals surface area contributed by atoms with Crippen LogP contribution < -0.4 is 0 Å². The molecule has 5 nitrogen and oxygen atoms in total. The molecule has 0 radical (unpaired) electrons. The second-order valence-corrected chi connectivity index (χ2v) is 8.76. The molecule has 0 aliphatic heterocycles. The summed E-state index contributed by atoms with van der Waals surface area (Å²) < 4.78 is 16.0. The summed E-state index contributed by atoms with van der Waals surface area (Å²) in [5.74, 6) is -0.485. The molecule has 0 amide bonds. The lowest BCUT2D eigenvalue weighted by molar-refractivity contribution is -0.147. The molecule has 0 aromatic heterocycles. The van der Waals surface area contributed by atoms with Gasteiger partial charge in [-0.2, -0.15) is 0 Å². The van der Waals surface area contributed by atoms with Gasteiger partial charge in [-0.1, -0.05) is 20.3 Å². The molecule has 118 valence electrons. The summed E-state index contributed by atoms with van der Waals surface area (Å²) in [6.07, 6.45) is 2.68. The minimum Gasteiger partial charge on any atom is -0.469 e. The van der Waals surface area contributed by atoms with Crippen LogP contribution in [0.2, 0.25) is 12.1 Å². The van der Waals surface area contributed by atoms with Crippen LogP contribution in [-0.4, -0.2) is 42.1 Å². The maximum absolute atomic E-state index is 12.0. The molecule has 0 saturated carbocycles. The molecule has 0 aromatic rings. The predicted molar refractivity (Wildman–Crippen MR) is 79.6 cm³/mol. The Morgan fingerprint density at radius 1 is 1.20 bits per heavy atom. The summed E-state index contributed by atoms with van der Waals surface area (Å²) in [5.41, 5.74) is 0. The number of carbonyl (C=O) groups excluding carboxylic acids is 2. The van der Waals surface area contributed by atoms with E-state index in [4.69, 9.17) is 13.6 Å². The van der Waals surface area contributed by atoms with Gasteiger partial charge in [0.25, 0.3) is 0 Å². The molecule has 0 rings (SSSR count). The van der Waals surface area contributed by atoms with E-state index in [0.717, 1.165) is 24.8 Å². The molecule has 0 aromatic carbocycles. The first kappa shape index (κ1) is 19.3. The zero-order chi connectivity index (χ0) is 15.6. The van der Waals surface area contributed by atoms with Crippen molar-refractivity contribution in [1.29, 1.82) is 0 Å². The number of esters is 1. The highest BCUT2D eigenvalue weighted by Crippen LogP contribution is 2.29. The number of aldehydes is 1. The first-order chi connectivity index (χ1) is 9.53. The molecule has 2 atom stereocenters. The van der Waals surface area contributed by atoms with Crippen LogP contribution >= 0.6 is 0 Å². The van der Waals surface area contributed by atoms with Gasteiger partial charge in [-0.15, -0.1) is 0 Å². The monoisotopic (exact) mass is 304 g/mol. The topological polar surface area (TPSA) is 61.8 Å². The van der Waals surface area contributed by atoms with Crippen LogP contribution in [0.25, 0.3) is 0 Å². The summed E-state index contributed by atoms with van der Waals surface area (Å²) in [4.78, 5) is 22.7. The Morgan fingerprint density at radius 3 is 2.15 bits per heavy atom. The van der Waals surface area contributed by atoms with Gasteiger partial charge in [0.2, 0.25) is 0 Å². The van der Waals surface area contributed by atoms with Crippen molar-refractivity contribution in [3.63, 3.8) is 0 Å². The highest BCUT2D eigenvalue weighted by molar-refractivity contribution is 6.67. The third kappa shape index (κ3) is 5.34. The first-order valence-corrected chi connectivity index (χ1v) is 9.38. The molecule has 0 spiro atoms. The third-order valence-corrected chi connectivity index (χ3v) is 7.73. The smallest absolute Gasteiger partial charge is 0.337 e. The van der Waals surface area contributed by atoms with Crippen LogP contribution in [0.1, 0.15) is 33.1 Å². The molecule has 2 unspecified atom stereocenters. The predicted octanol–water partition coefficient (Wildman–Crippen LogP) is 2.54. The normalized spacial score (nSPS) is 14.7. The van der Waals surface area contributed by atoms with E-state index >= 15 is 0 Å². The third-order valence-electron chi connectivity index (χ3n) is 4.12. The van der Waals surface area contributed by atoms with Gasteiger partial charge in [-0.3, -0.25) is 4.79 Å². The molecule has 0 N–H and O–H groups in total. The van der Waals surface area contributed by atoms with E-state index in [0.29, 0.717) is 12.8 Å². The molecule has 0 heterocycles. The summed E-state index contributed by atoms with van der Waals surface area (Å²) in [6.45, 7) is 4.02. The zero-order valence-electron chi connectivity index (χ0n) is 13.3. The largest absolute Gasteiger partial charge is 0.469 e. The van der Waals surface area contributed by atoms with Crippen molar-refractivity contribution >= 4 is 20.8 Å². The maximum Gasteiger partial charge on any atom is 0.337 e. The molecule has 6 heteroatoms. The number of carbonyl (C=O) groups is 2. The van der Waals surface area contributed by atoms with E-state index in [1.807, 2.05) is 13.8 Å². The van der Waals surface area contributed by atoms with E-state index < -0.39 is 8.56 Å². The van der Waals surface area contributed by atoms with Gasteiger partial charge in [-0.05, 0) is 24.4 Å². The molecular weight excluding hydrogens is 276 g/mol. The van der Waals surface area contributed by atoms with Gasteiger partial charge in [0.15, 0.2) is 0 Å². The molecule has 0 saturated heterocycles. The van der Waals surface area contributed by atoms with Crippen molar-refractivity contribution in [3.8, 4) is 0 Å². The minimum atomic E-state index is -2.22. The Morgan fingerprint density at radius 2 is 1.80 bits per heavy atom. The van der Waals surface area contributed by atoms with Gasteiger partial charge >= 0.3 is 14.5 Å². The molecular formula is C14H28O5Si. The second-order valence-electron chi connectivity index (χ2n) is 4.91. The van der Waals surface area contributed by atoms with Crippen LogP contribution in [0, 0.1) is 11.8 Å². The zero-order valence-corrected chi connectivity index (χ0v) is 14.3. The van der Waals surface area contributed by atoms with E-state index in [1.165, 1.54) is 7.11 Å². The standard InChI is InChI=1S/C14H28O5Si/c1-6-12(8-10-15)13(14(16)17-3)9-11-20(7-2,18-4)19-5/h10,12-13H,6-9,11H2,1-5H3. The van der Waals surface area contributed by atoms with Crippen molar-refractivity contribution < 1.29 is 23.2 Å². The quantitative estimate of drug-likeness (QED) is 0.333. The van der Waals surface area contributed by atoms with Crippen LogP contribution in [-0.2, 0) is 23.2 Å². The van der Waals surface area contributed by atoms with E-state index in [-0.39, 0.29) is 17.8 Å². The van der Waals surface area contributed by atoms with Gasteiger partial charge in [0.05, 0.1) is 13.0 Å². The molecule has 20 heavy (non-hydrogen) atoms. The van der Waals surface area contributed by atoms with Crippen LogP contribution in [0.15, 0.2) is 0 Å². The number of rotatable bonds is 11. The van der Waals surface area contributed by atoms with Crippen LogP contribution in [0.5, 0.6) is 0 Å². The number of ether oxygens (including phenoxy) is 1. The van der Waals surface area contributed by atoms with E-state index in [9.17, 15) is 9.59 Å². The second kappa shape index (κ2) is 10.1. The Kier molecular flexibility index (Phi) is 9.70. The number of hydrogen-bond donors (Lipinski definition) is 0. The number of hydrogen-bond acceptors (Lipinski definition) is 5. The van der Waals surface area contributed by atoms with E-state index in [1.54, 1.807) is 14.2 Å². The SMILES string of the molecule is CCC(CC=O)C(CC[Si](CC)(OC)OC)C(=O)OC. The van der Waals surface area contributed by atoms with Crippen molar-refractivity contribution in [2.45, 2.75) is 45.2 Å². The van der Waals surface area contributed by atoms with Crippen molar-refractivity contribution in [2.75, 3.05) is 21.3 Å². The summed E-state index contributed by atoms with van der Waals surface area (Å²) in [7, 11) is 2.50. The Bertz CT molecular complexity index is 283. The van der Waals surface area contributed by atoms with Gasteiger partial charge < -0.3 is 18.4 Å². The maximum atomic E-state index is 12.0. The molecule has 0 aliphatic carbocycles. The fourth-order valence-electron chi connectivity index (χ4n) is 2.56. The van der Waals surface area contributed by atoms with Crippen LogP contribution in [0.3, 0.4) is 0 Å². The Labute approximate surface area is 123 Å². The summed E-state index contributed by atoms with van der Waals surface area (Å²) in [5, 5.41) is 0. The summed E-state index contributed by atoms with van der Waals surface area (Å²) in [6, 6.07) is 1.56. The lowest BCUT2D eigenvalue weighted by Gasteiger charge is -2.29.